The topological polar surface area (TPSA) is 52.6 Å². The maximum atomic E-state index is 11.6. The first-order valence-electron chi connectivity index (χ1n) is 9.86. The van der Waals surface area contributed by atoms with E-state index >= 15 is 0 Å². The normalized spacial score (nSPS) is 13.5. The zero-order valence-electron chi connectivity index (χ0n) is 16.4. The van der Waals surface area contributed by atoms with E-state index in [-0.39, 0.29) is 11.6 Å². The molecule has 0 unspecified atom stereocenters. The van der Waals surface area contributed by atoms with Gasteiger partial charge in [0.15, 0.2) is 11.6 Å². The number of ketones is 2. The molecule has 4 heteroatoms. The van der Waals surface area contributed by atoms with Crippen LogP contribution in [0.3, 0.4) is 0 Å². The molecule has 0 fully saturated rings. The number of carbonyl (C=O) groups is 2. The molecule has 0 atom stereocenters. The Hall–Kier alpha value is -1.26. The molecule has 0 spiro atoms. The molecule has 25 heavy (non-hydrogen) atoms. The number of ether oxygens (including phenoxy) is 2. The molecule has 0 amide bonds. The van der Waals surface area contributed by atoms with E-state index in [9.17, 15) is 9.59 Å². The summed E-state index contributed by atoms with van der Waals surface area (Å²) in [5, 5.41) is 0. The van der Waals surface area contributed by atoms with Crippen molar-refractivity contribution < 1.29 is 19.1 Å². The average Bonchev–Trinajstić information content (AvgIpc) is 2.63. The quantitative estimate of drug-likeness (QED) is 0.332. The van der Waals surface area contributed by atoms with Crippen LogP contribution in [0.15, 0.2) is 23.8 Å². The lowest BCUT2D eigenvalue weighted by Crippen LogP contribution is -2.07. The third kappa shape index (κ3) is 13.7. The zero-order valence-corrected chi connectivity index (χ0v) is 16.4. The molecular weight excluding hydrogens is 316 g/mol. The van der Waals surface area contributed by atoms with Crippen molar-refractivity contribution in [1.82, 2.24) is 0 Å². The number of allylic oxidation sites excluding steroid dienone is 4. The molecular formula is C21H36O4. The Kier molecular flexibility index (Phi) is 16.7. The van der Waals surface area contributed by atoms with Gasteiger partial charge in [0.05, 0.1) is 13.2 Å². The predicted molar refractivity (Wildman–Crippen MR) is 103 cm³/mol. The third-order valence-corrected chi connectivity index (χ3v) is 3.78. The molecule has 0 heterocycles. The lowest BCUT2D eigenvalue weighted by atomic mass is 9.98. The summed E-state index contributed by atoms with van der Waals surface area (Å²) in [6.07, 6.45) is 12.6. The van der Waals surface area contributed by atoms with Crippen LogP contribution in [-0.4, -0.2) is 38.0 Å². The molecule has 1 aliphatic rings. The molecule has 0 aromatic heterocycles. The molecule has 0 saturated heterocycles. The number of hydrogen-bond donors (Lipinski definition) is 0. The first-order chi connectivity index (χ1) is 12.2. The van der Waals surface area contributed by atoms with Crippen LogP contribution in [0, 0.1) is 0 Å². The lowest BCUT2D eigenvalue weighted by Gasteiger charge is -2.07. The highest BCUT2D eigenvalue weighted by atomic mass is 16.5. The Morgan fingerprint density at radius 1 is 0.760 bits per heavy atom. The maximum Gasteiger partial charge on any atom is 0.182 e. The molecule has 0 saturated carbocycles. The van der Waals surface area contributed by atoms with E-state index in [0.29, 0.717) is 25.2 Å². The molecule has 4 nitrogen and oxygen atoms in total. The number of hydrogen-bond acceptors (Lipinski definition) is 4. The van der Waals surface area contributed by atoms with E-state index in [1.165, 1.54) is 31.1 Å². The highest BCUT2D eigenvalue weighted by Crippen LogP contribution is 2.14. The molecule has 1 rings (SSSR count). The summed E-state index contributed by atoms with van der Waals surface area (Å²) >= 11 is 0. The smallest absolute Gasteiger partial charge is 0.182 e. The van der Waals surface area contributed by atoms with E-state index in [4.69, 9.17) is 9.47 Å². The van der Waals surface area contributed by atoms with Gasteiger partial charge in [-0.2, -0.15) is 0 Å². The molecule has 0 N–H and O–H groups in total. The van der Waals surface area contributed by atoms with Gasteiger partial charge in [-0.15, -0.1) is 0 Å². The summed E-state index contributed by atoms with van der Waals surface area (Å²) in [6, 6.07) is 0. The fourth-order valence-electron chi connectivity index (χ4n) is 2.40. The zero-order chi connectivity index (χ0) is 18.8. The van der Waals surface area contributed by atoms with Crippen LogP contribution in [0.25, 0.3) is 0 Å². The second-order valence-electron chi connectivity index (χ2n) is 5.87. The molecule has 0 aromatic rings. The van der Waals surface area contributed by atoms with E-state index in [0.717, 1.165) is 45.3 Å². The standard InChI is InChI=1S/C19H30O4.C2H6/c1-2-3-7-12-22-14-15-23-13-8-5-4-6-9-17-16-18(20)10-11-19(17)21;1-2/h10-11,16H,2-9,12-15H2,1H3;1-2H3. The van der Waals surface area contributed by atoms with E-state index in [1.54, 1.807) is 0 Å². The molecule has 0 aliphatic heterocycles. The van der Waals surface area contributed by atoms with Crippen LogP contribution in [0.4, 0.5) is 0 Å². The number of carbonyl (C=O) groups excluding carboxylic acids is 2. The second-order valence-corrected chi connectivity index (χ2v) is 5.87. The van der Waals surface area contributed by atoms with Gasteiger partial charge in [-0.25, -0.2) is 0 Å². The van der Waals surface area contributed by atoms with Crippen molar-refractivity contribution in [2.24, 2.45) is 0 Å². The fraction of sp³-hybridized carbons (Fsp3) is 0.714. The minimum atomic E-state index is -0.0788. The number of rotatable bonds is 14. The van der Waals surface area contributed by atoms with Crippen LogP contribution >= 0.6 is 0 Å². The van der Waals surface area contributed by atoms with Crippen LogP contribution < -0.4 is 0 Å². The van der Waals surface area contributed by atoms with Gasteiger partial charge in [0.2, 0.25) is 0 Å². The van der Waals surface area contributed by atoms with Gasteiger partial charge < -0.3 is 9.47 Å². The summed E-state index contributed by atoms with van der Waals surface area (Å²) in [4.78, 5) is 22.8. The summed E-state index contributed by atoms with van der Waals surface area (Å²) in [7, 11) is 0. The van der Waals surface area contributed by atoms with Gasteiger partial charge in [0.1, 0.15) is 0 Å². The Morgan fingerprint density at radius 3 is 2.00 bits per heavy atom. The van der Waals surface area contributed by atoms with Crippen molar-refractivity contribution in [2.45, 2.75) is 72.1 Å². The Bertz CT molecular complexity index is 410. The summed E-state index contributed by atoms with van der Waals surface area (Å²) < 4.78 is 11.0. The van der Waals surface area contributed by atoms with Crippen molar-refractivity contribution in [3.63, 3.8) is 0 Å². The van der Waals surface area contributed by atoms with Gasteiger partial charge >= 0.3 is 0 Å². The Morgan fingerprint density at radius 2 is 1.36 bits per heavy atom. The SMILES string of the molecule is CC.CCCCCOCCOCCCCCCC1=CC(=O)C=CC1=O. The Labute approximate surface area is 153 Å². The first-order valence-corrected chi connectivity index (χ1v) is 9.86. The van der Waals surface area contributed by atoms with Crippen LogP contribution in [0.2, 0.25) is 0 Å². The average molecular weight is 353 g/mol. The number of unbranched alkanes of at least 4 members (excludes halogenated alkanes) is 5. The van der Waals surface area contributed by atoms with Gasteiger partial charge in [-0.05, 0) is 43.9 Å². The molecule has 144 valence electrons. The monoisotopic (exact) mass is 352 g/mol. The first kappa shape index (κ1) is 23.7. The van der Waals surface area contributed by atoms with Gasteiger partial charge in [0.25, 0.3) is 0 Å². The van der Waals surface area contributed by atoms with Crippen molar-refractivity contribution in [1.29, 1.82) is 0 Å². The molecule has 0 radical (unpaired) electrons. The second kappa shape index (κ2) is 17.6. The largest absolute Gasteiger partial charge is 0.379 e. The predicted octanol–water partition coefficient (Wildman–Crippen LogP) is 4.82. The molecule has 0 bridgehead atoms. The van der Waals surface area contributed by atoms with Gasteiger partial charge in [-0.1, -0.05) is 46.5 Å². The third-order valence-electron chi connectivity index (χ3n) is 3.78. The van der Waals surface area contributed by atoms with Crippen molar-refractivity contribution in [3.8, 4) is 0 Å². The maximum absolute atomic E-state index is 11.6. The van der Waals surface area contributed by atoms with E-state index < -0.39 is 0 Å². The summed E-state index contributed by atoms with van der Waals surface area (Å²) in [5.41, 5.74) is 0.647. The van der Waals surface area contributed by atoms with Gasteiger partial charge in [0, 0.05) is 18.8 Å². The van der Waals surface area contributed by atoms with Crippen molar-refractivity contribution in [2.75, 3.05) is 26.4 Å². The fourth-order valence-corrected chi connectivity index (χ4v) is 2.40. The van der Waals surface area contributed by atoms with Crippen LogP contribution in [0.5, 0.6) is 0 Å². The summed E-state index contributed by atoms with van der Waals surface area (Å²) in [5.74, 6) is -0.100. The highest BCUT2D eigenvalue weighted by Gasteiger charge is 2.12. The minimum absolute atomic E-state index is 0.0214. The lowest BCUT2D eigenvalue weighted by molar-refractivity contribution is -0.114. The van der Waals surface area contributed by atoms with E-state index in [2.05, 4.69) is 6.92 Å². The van der Waals surface area contributed by atoms with Crippen LogP contribution in [-0.2, 0) is 19.1 Å². The highest BCUT2D eigenvalue weighted by molar-refractivity contribution is 6.17. The Balaban J connectivity index is 0.00000277. The van der Waals surface area contributed by atoms with E-state index in [1.807, 2.05) is 13.8 Å². The molecule has 0 aromatic carbocycles. The van der Waals surface area contributed by atoms with Gasteiger partial charge in [-0.3, -0.25) is 9.59 Å². The van der Waals surface area contributed by atoms with Crippen molar-refractivity contribution >= 4 is 11.6 Å². The molecule has 1 aliphatic carbocycles. The van der Waals surface area contributed by atoms with Crippen LogP contribution in [0.1, 0.15) is 72.1 Å². The van der Waals surface area contributed by atoms with Crippen molar-refractivity contribution in [3.05, 3.63) is 23.8 Å². The summed E-state index contributed by atoms with van der Waals surface area (Å²) in [6.45, 7) is 9.14. The minimum Gasteiger partial charge on any atom is -0.379 e.